The highest BCUT2D eigenvalue weighted by molar-refractivity contribution is 7.13. The second-order valence-corrected chi connectivity index (χ2v) is 8.46. The number of hydrogen-bond acceptors (Lipinski definition) is 6. The van der Waals surface area contributed by atoms with E-state index in [1.807, 2.05) is 36.6 Å². The number of rotatable bonds is 5. The van der Waals surface area contributed by atoms with Crippen LogP contribution in [0.25, 0.3) is 10.8 Å². The lowest BCUT2D eigenvalue weighted by Crippen LogP contribution is -2.44. The first kappa shape index (κ1) is 19.7. The number of anilines is 2. The molecule has 0 atom stereocenters. The van der Waals surface area contributed by atoms with Crippen molar-refractivity contribution in [1.82, 2.24) is 9.88 Å². The maximum Gasteiger partial charge on any atom is 0.236 e. The number of piperazine rings is 1. The average Bonchev–Trinajstić information content (AvgIpc) is 3.33. The molecule has 0 radical (unpaired) electrons. The van der Waals surface area contributed by atoms with E-state index in [0.717, 1.165) is 36.7 Å². The van der Waals surface area contributed by atoms with Crippen LogP contribution in [0.1, 0.15) is 17.0 Å². The van der Waals surface area contributed by atoms with Gasteiger partial charge in [-0.25, -0.2) is 4.98 Å². The first-order valence-electron chi connectivity index (χ1n) is 9.84. The molecule has 29 heavy (non-hydrogen) atoms. The molecule has 0 aliphatic carbocycles. The van der Waals surface area contributed by atoms with Gasteiger partial charge in [-0.05, 0) is 56.1 Å². The Kier molecular flexibility index (Phi) is 5.69. The summed E-state index contributed by atoms with van der Waals surface area (Å²) in [4.78, 5) is 22.8. The molecule has 1 N–H and O–H groups in total. The number of hydrogen-bond donors (Lipinski definition) is 1. The Bertz CT molecular complexity index is 988. The molecule has 0 spiro atoms. The van der Waals surface area contributed by atoms with Crippen molar-refractivity contribution in [3.05, 3.63) is 52.7 Å². The summed E-state index contributed by atoms with van der Waals surface area (Å²) in [5.41, 5.74) is 3.90. The molecule has 0 bridgehead atoms. The van der Waals surface area contributed by atoms with Crippen LogP contribution in [-0.2, 0) is 11.2 Å². The summed E-state index contributed by atoms with van der Waals surface area (Å²) in [7, 11) is 2.16. The normalized spacial score (nSPS) is 14.9. The van der Waals surface area contributed by atoms with Crippen LogP contribution in [0, 0.1) is 13.8 Å². The van der Waals surface area contributed by atoms with Crippen LogP contribution in [0.3, 0.4) is 0 Å². The van der Waals surface area contributed by atoms with E-state index in [4.69, 9.17) is 4.42 Å². The smallest absolute Gasteiger partial charge is 0.236 e. The number of aryl methyl sites for hydroxylation is 2. The quantitative estimate of drug-likeness (QED) is 0.690. The Labute approximate surface area is 175 Å². The molecule has 1 aliphatic rings. The Hall–Kier alpha value is -2.64. The number of carbonyl (C=O) groups is 1. The predicted octanol–water partition coefficient (Wildman–Crippen LogP) is 3.95. The van der Waals surface area contributed by atoms with Crippen molar-refractivity contribution in [2.45, 2.75) is 20.3 Å². The molecule has 1 saturated heterocycles. The van der Waals surface area contributed by atoms with Crippen LogP contribution < -0.4 is 10.2 Å². The lowest BCUT2D eigenvalue weighted by Gasteiger charge is -2.35. The lowest BCUT2D eigenvalue weighted by molar-refractivity contribution is -0.115. The minimum atomic E-state index is -0.0918. The first-order valence-corrected chi connectivity index (χ1v) is 10.7. The molecule has 3 aromatic rings. The van der Waals surface area contributed by atoms with Gasteiger partial charge in [-0.2, -0.15) is 0 Å². The molecule has 1 fully saturated rings. The van der Waals surface area contributed by atoms with Crippen LogP contribution in [0.5, 0.6) is 0 Å². The molecular formula is C22H26N4O2S. The van der Waals surface area contributed by atoms with Gasteiger partial charge in [0.2, 0.25) is 11.8 Å². The summed E-state index contributed by atoms with van der Waals surface area (Å²) in [5, 5.41) is 4.98. The monoisotopic (exact) mass is 410 g/mol. The van der Waals surface area contributed by atoms with E-state index >= 15 is 0 Å². The van der Waals surface area contributed by atoms with E-state index in [-0.39, 0.29) is 12.3 Å². The van der Waals surface area contributed by atoms with E-state index < -0.39 is 0 Å². The third-order valence-electron chi connectivity index (χ3n) is 5.28. The second kappa shape index (κ2) is 8.39. The van der Waals surface area contributed by atoms with Gasteiger partial charge in [0.25, 0.3) is 0 Å². The van der Waals surface area contributed by atoms with Crippen molar-refractivity contribution in [2.24, 2.45) is 0 Å². The highest BCUT2D eigenvalue weighted by Crippen LogP contribution is 2.27. The Morgan fingerprint density at radius 3 is 2.69 bits per heavy atom. The predicted molar refractivity (Wildman–Crippen MR) is 118 cm³/mol. The lowest BCUT2D eigenvalue weighted by atomic mass is 10.1. The number of nitrogens with one attached hydrogen (secondary N) is 1. The van der Waals surface area contributed by atoms with Gasteiger partial charge < -0.3 is 19.5 Å². The van der Waals surface area contributed by atoms with Crippen LogP contribution in [0.4, 0.5) is 11.4 Å². The molecule has 0 unspecified atom stereocenters. The Morgan fingerprint density at radius 1 is 1.21 bits per heavy atom. The molecule has 0 saturated carbocycles. The molecule has 1 aromatic carbocycles. The molecular weight excluding hydrogens is 384 g/mol. The average molecular weight is 411 g/mol. The van der Waals surface area contributed by atoms with Crippen molar-refractivity contribution in [3.63, 3.8) is 0 Å². The van der Waals surface area contributed by atoms with Crippen LogP contribution >= 0.6 is 11.3 Å². The van der Waals surface area contributed by atoms with E-state index in [9.17, 15) is 4.79 Å². The van der Waals surface area contributed by atoms with Gasteiger partial charge in [0, 0.05) is 37.6 Å². The summed E-state index contributed by atoms with van der Waals surface area (Å²) in [6.07, 6.45) is 0.194. The summed E-state index contributed by atoms with van der Waals surface area (Å²) < 4.78 is 5.73. The molecule has 152 valence electrons. The number of aromatic nitrogens is 1. The summed E-state index contributed by atoms with van der Waals surface area (Å²) in [6.45, 7) is 8.15. The topological polar surface area (TPSA) is 61.6 Å². The number of thiophene rings is 1. The van der Waals surface area contributed by atoms with Crippen molar-refractivity contribution < 1.29 is 9.21 Å². The number of nitrogens with zero attached hydrogens (tertiary/aromatic N) is 3. The molecule has 7 heteroatoms. The van der Waals surface area contributed by atoms with E-state index in [1.165, 1.54) is 11.3 Å². The fourth-order valence-corrected chi connectivity index (χ4v) is 4.24. The number of benzene rings is 1. The SMILES string of the molecule is Cc1cc(NC(=O)Cc2nc(-c3cccs3)oc2C)ccc1N1CCN(C)CC1. The fourth-order valence-electron chi connectivity index (χ4n) is 3.59. The largest absolute Gasteiger partial charge is 0.440 e. The zero-order chi connectivity index (χ0) is 20.4. The highest BCUT2D eigenvalue weighted by Gasteiger charge is 2.18. The molecule has 1 amide bonds. The third kappa shape index (κ3) is 4.52. The molecule has 2 aromatic heterocycles. The maximum absolute atomic E-state index is 12.6. The molecule has 4 rings (SSSR count). The minimum absolute atomic E-state index is 0.0918. The standard InChI is InChI=1S/C22H26N4O2S/c1-15-13-17(6-7-19(15)26-10-8-25(3)9-11-26)23-21(27)14-18-16(2)28-22(24-18)20-5-4-12-29-20/h4-7,12-13H,8-11,14H2,1-3H3,(H,23,27). The number of amides is 1. The number of oxazole rings is 1. The van der Waals surface area contributed by atoms with Crippen molar-refractivity contribution in [2.75, 3.05) is 43.4 Å². The van der Waals surface area contributed by atoms with Gasteiger partial charge in [0.05, 0.1) is 17.0 Å². The van der Waals surface area contributed by atoms with Crippen molar-refractivity contribution in [1.29, 1.82) is 0 Å². The van der Waals surface area contributed by atoms with Gasteiger partial charge in [0.15, 0.2) is 0 Å². The van der Waals surface area contributed by atoms with Gasteiger partial charge in [0.1, 0.15) is 5.76 Å². The first-order chi connectivity index (χ1) is 14.0. The van der Waals surface area contributed by atoms with Gasteiger partial charge in [-0.15, -0.1) is 11.3 Å². The number of likely N-dealkylation sites (N-methyl/N-ethyl adjacent to an activating group) is 1. The number of carbonyl (C=O) groups excluding carboxylic acids is 1. The summed E-state index contributed by atoms with van der Waals surface area (Å²) >= 11 is 1.57. The van der Waals surface area contributed by atoms with Crippen LogP contribution in [-0.4, -0.2) is 49.0 Å². The van der Waals surface area contributed by atoms with Gasteiger partial charge >= 0.3 is 0 Å². The van der Waals surface area contributed by atoms with E-state index in [1.54, 1.807) is 11.3 Å². The second-order valence-electron chi connectivity index (χ2n) is 7.52. The van der Waals surface area contributed by atoms with Crippen molar-refractivity contribution in [3.8, 4) is 10.8 Å². The van der Waals surface area contributed by atoms with E-state index in [2.05, 4.69) is 40.1 Å². The van der Waals surface area contributed by atoms with Gasteiger partial charge in [-0.1, -0.05) is 6.07 Å². The van der Waals surface area contributed by atoms with Crippen LogP contribution in [0.15, 0.2) is 40.1 Å². The van der Waals surface area contributed by atoms with E-state index in [0.29, 0.717) is 17.3 Å². The fraction of sp³-hybridized carbons (Fsp3) is 0.364. The van der Waals surface area contributed by atoms with Crippen molar-refractivity contribution >= 4 is 28.6 Å². The molecule has 6 nitrogen and oxygen atoms in total. The maximum atomic E-state index is 12.6. The highest BCUT2D eigenvalue weighted by atomic mass is 32.1. The Morgan fingerprint density at radius 2 is 2.00 bits per heavy atom. The third-order valence-corrected chi connectivity index (χ3v) is 6.13. The van der Waals surface area contributed by atoms with Crippen LogP contribution in [0.2, 0.25) is 0 Å². The Balaban J connectivity index is 1.40. The zero-order valence-electron chi connectivity index (χ0n) is 17.1. The molecule has 1 aliphatic heterocycles. The van der Waals surface area contributed by atoms with Gasteiger partial charge in [-0.3, -0.25) is 4.79 Å². The molecule has 3 heterocycles. The summed E-state index contributed by atoms with van der Waals surface area (Å²) in [6, 6.07) is 10.0. The zero-order valence-corrected chi connectivity index (χ0v) is 17.9. The summed E-state index contributed by atoms with van der Waals surface area (Å²) in [5.74, 6) is 1.17. The minimum Gasteiger partial charge on any atom is -0.440 e.